The molecule has 2 aromatic carbocycles. The van der Waals surface area contributed by atoms with Crippen LogP contribution in [0.1, 0.15) is 18.5 Å². The minimum Gasteiger partial charge on any atom is -0.398 e. The van der Waals surface area contributed by atoms with Crippen LogP contribution in [-0.4, -0.2) is 17.6 Å². The molecule has 4 nitrogen and oxygen atoms in total. The van der Waals surface area contributed by atoms with E-state index in [1.807, 2.05) is 42.6 Å². The second-order valence-corrected chi connectivity index (χ2v) is 7.29. The fraction of sp³-hybridized carbons (Fsp3) is 0.250. The molecule has 1 aliphatic heterocycles. The Morgan fingerprint density at radius 1 is 1.08 bits per heavy atom. The average molecular weight is 351 g/mol. The lowest BCUT2D eigenvalue weighted by molar-refractivity contribution is -0.0226. The van der Waals surface area contributed by atoms with E-state index in [-0.39, 0.29) is 6.04 Å². The van der Waals surface area contributed by atoms with E-state index in [1.165, 1.54) is 0 Å². The van der Waals surface area contributed by atoms with Gasteiger partial charge in [-0.1, -0.05) is 36.4 Å². The third kappa shape index (κ3) is 2.99. The van der Waals surface area contributed by atoms with E-state index in [2.05, 4.69) is 17.1 Å². The summed E-state index contributed by atoms with van der Waals surface area (Å²) in [6, 6.07) is 16.2. The van der Waals surface area contributed by atoms with Gasteiger partial charge in [-0.2, -0.15) is 0 Å². The van der Waals surface area contributed by atoms with Crippen LogP contribution in [0.5, 0.6) is 0 Å². The van der Waals surface area contributed by atoms with Crippen LogP contribution < -0.4 is 11.5 Å². The number of thiol groups is 1. The lowest BCUT2D eigenvalue weighted by Crippen LogP contribution is -2.40. The maximum Gasteiger partial charge on any atom is 0.154 e. The van der Waals surface area contributed by atoms with E-state index < -0.39 is 4.93 Å². The maximum absolute atomic E-state index is 6.10. The fourth-order valence-corrected chi connectivity index (χ4v) is 3.89. The van der Waals surface area contributed by atoms with Crippen LogP contribution >= 0.6 is 12.6 Å². The van der Waals surface area contributed by atoms with Crippen molar-refractivity contribution in [2.24, 2.45) is 5.73 Å². The predicted molar refractivity (Wildman–Crippen MR) is 105 cm³/mol. The van der Waals surface area contributed by atoms with Gasteiger partial charge in [-0.05, 0) is 29.5 Å². The van der Waals surface area contributed by atoms with Gasteiger partial charge in [-0.25, -0.2) is 0 Å². The van der Waals surface area contributed by atoms with E-state index in [0.29, 0.717) is 13.0 Å². The van der Waals surface area contributed by atoms with Crippen molar-refractivity contribution in [1.82, 2.24) is 4.98 Å². The summed E-state index contributed by atoms with van der Waals surface area (Å²) in [7, 11) is 0. The molecule has 1 fully saturated rings. The van der Waals surface area contributed by atoms with Crippen molar-refractivity contribution >= 4 is 29.1 Å². The van der Waals surface area contributed by atoms with Gasteiger partial charge in [0, 0.05) is 35.3 Å². The van der Waals surface area contributed by atoms with Crippen LogP contribution in [0.25, 0.3) is 21.9 Å². The molecule has 1 aromatic heterocycles. The summed E-state index contributed by atoms with van der Waals surface area (Å²) in [5.74, 6) is 0. The quantitative estimate of drug-likeness (QED) is 0.486. The minimum atomic E-state index is -0.709. The van der Waals surface area contributed by atoms with Crippen LogP contribution in [0.2, 0.25) is 0 Å². The number of pyridine rings is 1. The van der Waals surface area contributed by atoms with Crippen LogP contribution in [0.15, 0.2) is 54.7 Å². The van der Waals surface area contributed by atoms with E-state index in [4.69, 9.17) is 28.8 Å². The zero-order valence-corrected chi connectivity index (χ0v) is 14.7. The summed E-state index contributed by atoms with van der Waals surface area (Å²) in [5, 5.41) is 2.17. The highest BCUT2D eigenvalue weighted by Gasteiger charge is 2.35. The number of rotatable bonds is 2. The number of benzene rings is 2. The monoisotopic (exact) mass is 351 g/mol. The molecule has 0 saturated carbocycles. The maximum atomic E-state index is 6.10. The van der Waals surface area contributed by atoms with Gasteiger partial charge in [0.2, 0.25) is 0 Å². The summed E-state index contributed by atoms with van der Waals surface area (Å²) in [4.78, 5) is 3.92. The summed E-state index contributed by atoms with van der Waals surface area (Å²) in [6.45, 7) is 0.608. The highest BCUT2D eigenvalue weighted by Crippen LogP contribution is 2.38. The predicted octanol–water partition coefficient (Wildman–Crippen LogP) is 3.70. The molecule has 2 unspecified atom stereocenters. The summed E-state index contributed by atoms with van der Waals surface area (Å²) >= 11 is 4.71. The van der Waals surface area contributed by atoms with Crippen LogP contribution in [-0.2, 0) is 9.67 Å². The number of hydrogen-bond donors (Lipinski definition) is 3. The molecule has 0 radical (unpaired) electrons. The average Bonchev–Trinajstić information content (AvgIpc) is 2.62. The van der Waals surface area contributed by atoms with E-state index in [0.717, 1.165) is 39.7 Å². The molecule has 4 N–H and O–H groups in total. The normalized spacial score (nSPS) is 23.7. The number of nitrogens with zero attached hydrogens (tertiary/aromatic N) is 1. The van der Waals surface area contributed by atoms with Crippen molar-refractivity contribution < 1.29 is 4.74 Å². The number of aromatic nitrogens is 1. The van der Waals surface area contributed by atoms with Crippen molar-refractivity contribution in [2.75, 3.05) is 12.3 Å². The van der Waals surface area contributed by atoms with Gasteiger partial charge < -0.3 is 16.2 Å². The number of anilines is 1. The SMILES string of the molecule is Nc1ccc(-c2ccc(C3(S)CC(N)CCO3)nc2)c2ccccc12. The van der Waals surface area contributed by atoms with Crippen molar-refractivity contribution in [1.29, 1.82) is 0 Å². The number of nitrogen functional groups attached to an aromatic ring is 1. The molecule has 25 heavy (non-hydrogen) atoms. The highest BCUT2D eigenvalue weighted by molar-refractivity contribution is 7.81. The first kappa shape index (κ1) is 16.4. The molecule has 0 spiro atoms. The number of nitrogens with two attached hydrogens (primary N) is 2. The number of hydrogen-bond acceptors (Lipinski definition) is 5. The van der Waals surface area contributed by atoms with E-state index >= 15 is 0 Å². The second kappa shape index (κ2) is 6.33. The van der Waals surface area contributed by atoms with Crippen LogP contribution in [0.3, 0.4) is 0 Å². The van der Waals surface area contributed by atoms with Gasteiger partial charge in [-0.3, -0.25) is 4.98 Å². The first-order valence-corrected chi connectivity index (χ1v) is 8.87. The summed E-state index contributed by atoms with van der Waals surface area (Å²) in [5.41, 5.74) is 15.9. The molecular formula is C20H21N3OS. The highest BCUT2D eigenvalue weighted by atomic mass is 32.1. The summed E-state index contributed by atoms with van der Waals surface area (Å²) in [6.07, 6.45) is 3.39. The third-order valence-electron chi connectivity index (χ3n) is 4.80. The summed E-state index contributed by atoms with van der Waals surface area (Å²) < 4.78 is 5.86. The van der Waals surface area contributed by atoms with Gasteiger partial charge in [0.05, 0.1) is 12.3 Å². The van der Waals surface area contributed by atoms with Gasteiger partial charge in [-0.15, -0.1) is 12.6 Å². The van der Waals surface area contributed by atoms with Crippen molar-refractivity contribution in [3.8, 4) is 11.1 Å². The molecule has 0 amide bonds. The zero-order valence-electron chi connectivity index (χ0n) is 13.9. The Kier molecular flexibility index (Phi) is 4.15. The molecule has 4 rings (SSSR count). The van der Waals surface area contributed by atoms with E-state index in [1.54, 1.807) is 0 Å². The van der Waals surface area contributed by atoms with Crippen molar-refractivity contribution in [3.63, 3.8) is 0 Å². The molecule has 5 heteroatoms. The molecule has 128 valence electrons. The largest absolute Gasteiger partial charge is 0.398 e. The van der Waals surface area contributed by atoms with Crippen molar-refractivity contribution in [2.45, 2.75) is 23.8 Å². The minimum absolute atomic E-state index is 0.0915. The van der Waals surface area contributed by atoms with Gasteiger partial charge >= 0.3 is 0 Å². The van der Waals surface area contributed by atoms with Gasteiger partial charge in [0.25, 0.3) is 0 Å². The van der Waals surface area contributed by atoms with Gasteiger partial charge in [0.1, 0.15) is 0 Å². The molecule has 1 aliphatic rings. The Morgan fingerprint density at radius 2 is 1.88 bits per heavy atom. The fourth-order valence-electron chi connectivity index (χ4n) is 3.43. The Labute approximate surface area is 152 Å². The lowest BCUT2D eigenvalue weighted by atomic mass is 9.97. The van der Waals surface area contributed by atoms with Gasteiger partial charge in [0.15, 0.2) is 4.93 Å². The Bertz CT molecular complexity index is 912. The molecule has 1 saturated heterocycles. The van der Waals surface area contributed by atoms with Crippen LogP contribution in [0, 0.1) is 0 Å². The molecule has 2 heterocycles. The Hall–Kier alpha value is -2.08. The lowest BCUT2D eigenvalue weighted by Gasteiger charge is -2.35. The number of fused-ring (bicyclic) bond motifs is 1. The molecule has 0 bridgehead atoms. The third-order valence-corrected chi connectivity index (χ3v) is 5.34. The number of ether oxygens (including phenoxy) is 1. The first-order chi connectivity index (χ1) is 12.1. The molecular weight excluding hydrogens is 330 g/mol. The molecule has 3 aromatic rings. The Balaban J connectivity index is 1.73. The van der Waals surface area contributed by atoms with Crippen molar-refractivity contribution in [3.05, 3.63) is 60.4 Å². The zero-order chi connectivity index (χ0) is 17.4. The smallest absolute Gasteiger partial charge is 0.154 e. The van der Waals surface area contributed by atoms with Crippen LogP contribution in [0.4, 0.5) is 5.69 Å². The topological polar surface area (TPSA) is 74.2 Å². The second-order valence-electron chi connectivity index (χ2n) is 6.57. The van der Waals surface area contributed by atoms with E-state index in [9.17, 15) is 0 Å². The first-order valence-electron chi connectivity index (χ1n) is 8.43. The standard InChI is InChI=1S/C20H21N3OS/c21-14-9-10-24-20(25,11-14)19-8-5-13(12-23-19)15-6-7-18(22)17-4-2-1-3-16(15)17/h1-8,12,14,25H,9-11,21-22H2. The Morgan fingerprint density at radius 3 is 2.60 bits per heavy atom. The molecule has 0 aliphatic carbocycles. The molecule has 2 atom stereocenters.